The predicted octanol–water partition coefficient (Wildman–Crippen LogP) is 2.79. The van der Waals surface area contributed by atoms with Gasteiger partial charge >= 0.3 is 0 Å². The van der Waals surface area contributed by atoms with Crippen molar-refractivity contribution in [1.82, 2.24) is 19.4 Å². The summed E-state index contributed by atoms with van der Waals surface area (Å²) in [5, 5.41) is 9.59. The van der Waals surface area contributed by atoms with Gasteiger partial charge in [0.15, 0.2) is 0 Å². The molecule has 0 bridgehead atoms. The molecular weight excluding hydrogens is 383 g/mol. The second kappa shape index (κ2) is 9.12. The molecule has 6 nitrogen and oxygen atoms in total. The average molecular weight is 413 g/mol. The van der Waals surface area contributed by atoms with Crippen molar-refractivity contribution in [2.75, 3.05) is 33.4 Å². The van der Waals surface area contributed by atoms with Crippen molar-refractivity contribution < 1.29 is 14.2 Å². The van der Waals surface area contributed by atoms with Crippen molar-refractivity contribution in [3.05, 3.63) is 59.7 Å². The highest BCUT2D eigenvalue weighted by molar-refractivity contribution is 5.75. The number of benzene rings is 2. The lowest BCUT2D eigenvalue weighted by Crippen LogP contribution is -2.52. The second-order valence-electron chi connectivity index (χ2n) is 7.90. The van der Waals surface area contributed by atoms with Crippen LogP contribution in [0.25, 0.3) is 11.0 Å². The molecule has 0 aliphatic carbocycles. The van der Waals surface area contributed by atoms with E-state index in [9.17, 15) is 9.50 Å². The van der Waals surface area contributed by atoms with Gasteiger partial charge in [0.05, 0.1) is 24.7 Å². The van der Waals surface area contributed by atoms with Gasteiger partial charge in [-0.1, -0.05) is 18.2 Å². The van der Waals surface area contributed by atoms with Crippen LogP contribution in [0.15, 0.2) is 42.5 Å². The molecule has 4 rings (SSSR count). The molecule has 1 atom stereocenters. The van der Waals surface area contributed by atoms with Crippen LogP contribution in [0, 0.1) is 5.82 Å². The Bertz CT molecular complexity index is 1010. The van der Waals surface area contributed by atoms with Gasteiger partial charge in [-0.25, -0.2) is 9.37 Å². The maximum absolute atomic E-state index is 14.4. The summed E-state index contributed by atoms with van der Waals surface area (Å²) in [4.78, 5) is 9.44. The van der Waals surface area contributed by atoms with Crippen LogP contribution in [-0.4, -0.2) is 63.9 Å². The molecule has 0 amide bonds. The number of imidazole rings is 1. The summed E-state index contributed by atoms with van der Waals surface area (Å²) in [6.45, 7) is 3.93. The zero-order chi connectivity index (χ0) is 21.1. The van der Waals surface area contributed by atoms with E-state index in [4.69, 9.17) is 9.72 Å². The highest BCUT2D eigenvalue weighted by Crippen LogP contribution is 2.23. The molecule has 0 radical (unpaired) electrons. The van der Waals surface area contributed by atoms with Gasteiger partial charge in [0.2, 0.25) is 0 Å². The third-order valence-electron chi connectivity index (χ3n) is 6.03. The third kappa shape index (κ3) is 4.33. The van der Waals surface area contributed by atoms with E-state index < -0.39 is 0 Å². The number of aryl methyl sites for hydroxylation is 1. The zero-order valence-electron chi connectivity index (χ0n) is 17.6. The van der Waals surface area contributed by atoms with Gasteiger partial charge in [0.1, 0.15) is 17.4 Å². The first-order chi connectivity index (χ1) is 14.6. The zero-order valence-corrected chi connectivity index (χ0v) is 17.6. The van der Waals surface area contributed by atoms with Crippen LogP contribution in [0.4, 0.5) is 4.39 Å². The summed E-state index contributed by atoms with van der Waals surface area (Å²) in [6.07, 6.45) is 0.664. The van der Waals surface area contributed by atoms with E-state index in [2.05, 4.69) is 27.5 Å². The fourth-order valence-corrected chi connectivity index (χ4v) is 4.27. The summed E-state index contributed by atoms with van der Waals surface area (Å²) in [7, 11) is 3.59. The monoisotopic (exact) mass is 412 g/mol. The molecule has 1 aliphatic heterocycles. The Kier molecular flexibility index (Phi) is 6.32. The highest BCUT2D eigenvalue weighted by atomic mass is 19.1. The molecule has 2 aromatic carbocycles. The van der Waals surface area contributed by atoms with Gasteiger partial charge < -0.3 is 14.4 Å². The van der Waals surface area contributed by atoms with E-state index in [1.165, 1.54) is 13.2 Å². The lowest BCUT2D eigenvalue weighted by atomic mass is 10.1. The number of aromatic nitrogens is 2. The van der Waals surface area contributed by atoms with Gasteiger partial charge in [-0.15, -0.1) is 0 Å². The van der Waals surface area contributed by atoms with E-state index in [0.717, 1.165) is 43.0 Å². The lowest BCUT2D eigenvalue weighted by Gasteiger charge is -2.41. The van der Waals surface area contributed by atoms with Crippen LogP contribution >= 0.6 is 0 Å². The van der Waals surface area contributed by atoms with E-state index >= 15 is 0 Å². The Labute approximate surface area is 176 Å². The van der Waals surface area contributed by atoms with Crippen LogP contribution in [0.2, 0.25) is 0 Å². The maximum Gasteiger partial charge on any atom is 0.131 e. The van der Waals surface area contributed by atoms with Crippen molar-refractivity contribution in [1.29, 1.82) is 0 Å². The maximum atomic E-state index is 14.4. The quantitative estimate of drug-likeness (QED) is 0.647. The smallest absolute Gasteiger partial charge is 0.131 e. The number of fused-ring (bicyclic) bond motifs is 1. The first kappa shape index (κ1) is 20.8. The van der Waals surface area contributed by atoms with Crippen LogP contribution in [-0.2, 0) is 20.1 Å². The van der Waals surface area contributed by atoms with Gasteiger partial charge in [-0.2, -0.15) is 0 Å². The summed E-state index contributed by atoms with van der Waals surface area (Å²) < 4.78 is 21.7. The molecule has 1 aliphatic rings. The molecule has 1 aromatic heterocycles. The molecule has 160 valence electrons. The fraction of sp³-hybridized carbons (Fsp3) is 0.435. The number of rotatable bonds is 7. The first-order valence-corrected chi connectivity index (χ1v) is 10.4. The third-order valence-corrected chi connectivity index (χ3v) is 6.03. The minimum absolute atomic E-state index is 0.117. The number of methoxy groups -OCH3 is 1. The molecule has 1 fully saturated rings. The number of piperazine rings is 1. The van der Waals surface area contributed by atoms with Gasteiger partial charge in [0.25, 0.3) is 0 Å². The van der Waals surface area contributed by atoms with Crippen molar-refractivity contribution in [3.63, 3.8) is 0 Å². The van der Waals surface area contributed by atoms with Gasteiger partial charge in [-0.3, -0.25) is 9.80 Å². The fourth-order valence-electron chi connectivity index (χ4n) is 4.27. The van der Waals surface area contributed by atoms with Crippen molar-refractivity contribution in [3.8, 4) is 5.75 Å². The Morgan fingerprint density at radius 1 is 1.17 bits per heavy atom. The summed E-state index contributed by atoms with van der Waals surface area (Å²) in [6, 6.07) is 13.3. The lowest BCUT2D eigenvalue weighted by molar-refractivity contribution is 0.0478. The van der Waals surface area contributed by atoms with E-state index in [1.807, 2.05) is 18.2 Å². The van der Waals surface area contributed by atoms with Crippen LogP contribution in [0.3, 0.4) is 0 Å². The highest BCUT2D eigenvalue weighted by Gasteiger charge is 2.28. The van der Waals surface area contributed by atoms with Crippen molar-refractivity contribution >= 4 is 11.0 Å². The first-order valence-electron chi connectivity index (χ1n) is 10.4. The SMILES string of the molecule is COc1ccc(CN2CCN(Cc3nc4ccccc4n3C)CC2CCO)c(F)c1. The summed E-state index contributed by atoms with van der Waals surface area (Å²) >= 11 is 0. The standard InChI is InChI=1S/C23H29FN4O2/c1-26-22-6-4-3-5-21(22)25-23(26)16-27-10-11-28(18(15-27)9-12-29)14-17-7-8-19(30-2)13-20(17)24/h3-8,13,18,29H,9-12,14-16H2,1-2H3. The number of hydrogen-bond donors (Lipinski definition) is 1. The summed E-state index contributed by atoms with van der Waals surface area (Å²) in [5.41, 5.74) is 2.80. The Hall–Kier alpha value is -2.48. The average Bonchev–Trinajstić information content (AvgIpc) is 3.07. The Balaban J connectivity index is 1.45. The number of aliphatic hydroxyl groups excluding tert-OH is 1. The molecule has 3 aromatic rings. The Morgan fingerprint density at radius 2 is 2.00 bits per heavy atom. The molecule has 1 unspecified atom stereocenters. The topological polar surface area (TPSA) is 53.8 Å². The molecule has 0 spiro atoms. The molecule has 0 saturated carbocycles. The number of ether oxygens (including phenoxy) is 1. The van der Waals surface area contributed by atoms with E-state index in [0.29, 0.717) is 24.3 Å². The van der Waals surface area contributed by atoms with E-state index in [1.54, 1.807) is 12.1 Å². The van der Waals surface area contributed by atoms with Crippen LogP contribution < -0.4 is 4.74 Å². The van der Waals surface area contributed by atoms with Gasteiger partial charge in [-0.05, 0) is 24.6 Å². The van der Waals surface area contributed by atoms with Crippen LogP contribution in [0.5, 0.6) is 5.75 Å². The van der Waals surface area contributed by atoms with E-state index in [-0.39, 0.29) is 18.5 Å². The minimum Gasteiger partial charge on any atom is -0.497 e. The second-order valence-corrected chi connectivity index (χ2v) is 7.90. The number of aliphatic hydroxyl groups is 1. The predicted molar refractivity (Wildman–Crippen MR) is 115 cm³/mol. The van der Waals surface area contributed by atoms with Crippen molar-refractivity contribution in [2.24, 2.45) is 7.05 Å². The van der Waals surface area contributed by atoms with Gasteiger partial charge in [0, 0.05) is 57.5 Å². The number of halogens is 1. The minimum atomic E-state index is -0.251. The molecule has 2 heterocycles. The molecule has 1 N–H and O–H groups in total. The number of hydrogen-bond acceptors (Lipinski definition) is 5. The largest absolute Gasteiger partial charge is 0.497 e. The normalized spacial score (nSPS) is 18.2. The molecule has 7 heteroatoms. The van der Waals surface area contributed by atoms with Crippen LogP contribution in [0.1, 0.15) is 17.8 Å². The molecular formula is C23H29FN4O2. The van der Waals surface area contributed by atoms with Crippen molar-refractivity contribution in [2.45, 2.75) is 25.6 Å². The molecule has 1 saturated heterocycles. The summed E-state index contributed by atoms with van der Waals surface area (Å²) in [5.74, 6) is 1.31. The number of para-hydroxylation sites is 2. The number of nitrogens with zero attached hydrogens (tertiary/aromatic N) is 4. The molecule has 30 heavy (non-hydrogen) atoms. The Morgan fingerprint density at radius 3 is 2.73 bits per heavy atom.